The van der Waals surface area contributed by atoms with Gasteiger partial charge in [-0.2, -0.15) is 0 Å². The molecule has 0 bridgehead atoms. The van der Waals surface area contributed by atoms with Crippen LogP contribution in [0.4, 0.5) is 5.69 Å². The number of rotatable bonds is 5. The number of nitrogens with one attached hydrogen (secondary N) is 1. The molecule has 0 saturated carbocycles. The van der Waals surface area contributed by atoms with Crippen molar-refractivity contribution in [1.29, 1.82) is 0 Å². The van der Waals surface area contributed by atoms with Crippen LogP contribution >= 0.6 is 27.3 Å². The molecule has 0 unspecified atom stereocenters. The topological polar surface area (TPSA) is 51.2 Å². The predicted octanol–water partition coefficient (Wildman–Crippen LogP) is 4.90. The number of benzene rings is 2. The van der Waals surface area contributed by atoms with Crippen LogP contribution in [-0.2, 0) is 4.79 Å². The van der Waals surface area contributed by atoms with Crippen molar-refractivity contribution >= 4 is 38.9 Å². The van der Waals surface area contributed by atoms with Crippen LogP contribution in [0.2, 0.25) is 0 Å². The fraction of sp³-hybridized carbons (Fsp3) is 0.111. The van der Waals surface area contributed by atoms with Crippen LogP contribution in [0.15, 0.2) is 58.4 Å². The van der Waals surface area contributed by atoms with Crippen LogP contribution in [0.25, 0.3) is 11.3 Å². The Bertz CT molecular complexity index is 846. The summed E-state index contributed by atoms with van der Waals surface area (Å²) in [6, 6.07) is 15.0. The molecule has 3 aromatic rings. The maximum Gasteiger partial charge on any atom is 0.262 e. The summed E-state index contributed by atoms with van der Waals surface area (Å²) in [5, 5.41) is 5.87. The summed E-state index contributed by atoms with van der Waals surface area (Å²) in [4.78, 5) is 16.5. The lowest BCUT2D eigenvalue weighted by Crippen LogP contribution is -2.20. The lowest BCUT2D eigenvalue weighted by Gasteiger charge is -2.08. The van der Waals surface area contributed by atoms with Crippen LogP contribution in [-0.4, -0.2) is 17.5 Å². The Balaban J connectivity index is 1.61. The smallest absolute Gasteiger partial charge is 0.262 e. The SMILES string of the molecule is Cc1nc(-c2cccc(NC(=O)COc3ccc(Br)cc3)c2)cs1. The van der Waals surface area contributed by atoms with Crippen molar-refractivity contribution in [2.45, 2.75) is 6.92 Å². The second kappa shape index (κ2) is 7.59. The van der Waals surface area contributed by atoms with Crippen molar-refractivity contribution in [3.05, 3.63) is 63.4 Å². The molecule has 4 nitrogen and oxygen atoms in total. The second-order valence-electron chi connectivity index (χ2n) is 5.12. The largest absolute Gasteiger partial charge is 0.484 e. The highest BCUT2D eigenvalue weighted by Crippen LogP contribution is 2.24. The van der Waals surface area contributed by atoms with E-state index < -0.39 is 0 Å². The predicted molar refractivity (Wildman–Crippen MR) is 101 cm³/mol. The van der Waals surface area contributed by atoms with E-state index in [9.17, 15) is 4.79 Å². The van der Waals surface area contributed by atoms with E-state index in [1.165, 1.54) is 0 Å². The average Bonchev–Trinajstić information content (AvgIpc) is 3.01. The fourth-order valence-corrected chi connectivity index (χ4v) is 3.02. The van der Waals surface area contributed by atoms with E-state index in [0.717, 1.165) is 26.4 Å². The number of aromatic nitrogens is 1. The van der Waals surface area contributed by atoms with Gasteiger partial charge in [-0.25, -0.2) is 4.98 Å². The summed E-state index contributed by atoms with van der Waals surface area (Å²) in [5.41, 5.74) is 2.62. The van der Waals surface area contributed by atoms with Crippen LogP contribution in [0, 0.1) is 6.92 Å². The van der Waals surface area contributed by atoms with Gasteiger partial charge in [0.2, 0.25) is 0 Å². The van der Waals surface area contributed by atoms with Crippen LogP contribution in [0.5, 0.6) is 5.75 Å². The van der Waals surface area contributed by atoms with E-state index in [0.29, 0.717) is 5.75 Å². The van der Waals surface area contributed by atoms with Gasteiger partial charge >= 0.3 is 0 Å². The number of halogens is 1. The molecule has 122 valence electrons. The number of carbonyl (C=O) groups excluding carboxylic acids is 1. The average molecular weight is 403 g/mol. The van der Waals surface area contributed by atoms with E-state index in [-0.39, 0.29) is 12.5 Å². The molecule has 3 rings (SSSR count). The van der Waals surface area contributed by atoms with Gasteiger partial charge in [0.1, 0.15) is 5.75 Å². The van der Waals surface area contributed by atoms with Gasteiger partial charge in [0.25, 0.3) is 5.91 Å². The second-order valence-corrected chi connectivity index (χ2v) is 7.10. The normalized spacial score (nSPS) is 10.4. The summed E-state index contributed by atoms with van der Waals surface area (Å²) in [7, 11) is 0. The Morgan fingerprint density at radius 2 is 2.04 bits per heavy atom. The van der Waals surface area contributed by atoms with Gasteiger partial charge in [0, 0.05) is 21.1 Å². The zero-order valence-electron chi connectivity index (χ0n) is 13.0. The minimum Gasteiger partial charge on any atom is -0.484 e. The third kappa shape index (κ3) is 4.43. The molecule has 1 aromatic heterocycles. The number of carbonyl (C=O) groups is 1. The lowest BCUT2D eigenvalue weighted by molar-refractivity contribution is -0.118. The highest BCUT2D eigenvalue weighted by atomic mass is 79.9. The molecular weight excluding hydrogens is 388 g/mol. The van der Waals surface area contributed by atoms with Crippen LogP contribution < -0.4 is 10.1 Å². The molecule has 0 spiro atoms. The lowest BCUT2D eigenvalue weighted by atomic mass is 10.1. The summed E-state index contributed by atoms with van der Waals surface area (Å²) in [6.07, 6.45) is 0. The molecule has 6 heteroatoms. The number of hydrogen-bond acceptors (Lipinski definition) is 4. The van der Waals surface area contributed by atoms with Gasteiger partial charge in [-0.15, -0.1) is 11.3 Å². The van der Waals surface area contributed by atoms with E-state index in [1.807, 2.05) is 60.8 Å². The molecule has 0 aliphatic carbocycles. The van der Waals surface area contributed by atoms with E-state index in [2.05, 4.69) is 26.2 Å². The minimum absolute atomic E-state index is 0.0400. The maximum atomic E-state index is 12.0. The van der Waals surface area contributed by atoms with E-state index in [1.54, 1.807) is 11.3 Å². The van der Waals surface area contributed by atoms with Crippen LogP contribution in [0.1, 0.15) is 5.01 Å². The van der Waals surface area contributed by atoms with Crippen LogP contribution in [0.3, 0.4) is 0 Å². The number of ether oxygens (including phenoxy) is 1. The van der Waals surface area contributed by atoms with Crippen molar-refractivity contribution in [3.8, 4) is 17.0 Å². The number of amides is 1. The van der Waals surface area contributed by atoms with Gasteiger partial charge in [-0.05, 0) is 43.3 Å². The molecule has 0 radical (unpaired) electrons. The summed E-state index contributed by atoms with van der Waals surface area (Å²) >= 11 is 4.96. The first kappa shape index (κ1) is 16.7. The summed E-state index contributed by atoms with van der Waals surface area (Å²) < 4.78 is 6.44. The number of aryl methyl sites for hydroxylation is 1. The quantitative estimate of drug-likeness (QED) is 0.660. The Morgan fingerprint density at radius 1 is 1.25 bits per heavy atom. The summed E-state index contributed by atoms with van der Waals surface area (Å²) in [6.45, 7) is 1.93. The molecule has 2 aromatic carbocycles. The number of hydrogen-bond donors (Lipinski definition) is 1. The molecule has 1 heterocycles. The van der Waals surface area contributed by atoms with Crippen molar-refractivity contribution in [2.75, 3.05) is 11.9 Å². The van der Waals surface area contributed by atoms with E-state index >= 15 is 0 Å². The molecule has 24 heavy (non-hydrogen) atoms. The molecule has 0 aliphatic rings. The van der Waals surface area contributed by atoms with E-state index in [4.69, 9.17) is 4.74 Å². The molecule has 0 saturated heterocycles. The zero-order valence-corrected chi connectivity index (χ0v) is 15.4. The Labute approximate surface area is 152 Å². The highest BCUT2D eigenvalue weighted by Gasteiger charge is 2.07. The Hall–Kier alpha value is -2.18. The Morgan fingerprint density at radius 3 is 2.75 bits per heavy atom. The van der Waals surface area contributed by atoms with Gasteiger partial charge in [-0.1, -0.05) is 28.1 Å². The number of anilines is 1. The molecule has 0 atom stereocenters. The molecular formula is C18H15BrN2O2S. The standard InChI is InChI=1S/C18H15BrN2O2S/c1-12-20-17(11-24-12)13-3-2-4-15(9-13)21-18(22)10-23-16-7-5-14(19)6-8-16/h2-9,11H,10H2,1H3,(H,21,22). The highest BCUT2D eigenvalue weighted by molar-refractivity contribution is 9.10. The first-order chi connectivity index (χ1) is 11.6. The van der Waals surface area contributed by atoms with Gasteiger partial charge < -0.3 is 10.1 Å². The van der Waals surface area contributed by atoms with Crippen molar-refractivity contribution < 1.29 is 9.53 Å². The molecule has 0 aliphatic heterocycles. The molecule has 1 amide bonds. The van der Waals surface area contributed by atoms with Gasteiger partial charge in [-0.3, -0.25) is 4.79 Å². The van der Waals surface area contributed by atoms with Crippen molar-refractivity contribution in [1.82, 2.24) is 4.98 Å². The maximum absolute atomic E-state index is 12.0. The minimum atomic E-state index is -0.204. The first-order valence-corrected chi connectivity index (χ1v) is 8.98. The third-order valence-corrected chi connectivity index (χ3v) is 4.55. The monoisotopic (exact) mass is 402 g/mol. The number of thiazole rings is 1. The zero-order chi connectivity index (χ0) is 16.9. The third-order valence-electron chi connectivity index (χ3n) is 3.24. The van der Waals surface area contributed by atoms with Crippen molar-refractivity contribution in [2.24, 2.45) is 0 Å². The fourth-order valence-electron chi connectivity index (χ4n) is 2.13. The van der Waals surface area contributed by atoms with Gasteiger partial charge in [0.05, 0.1) is 10.7 Å². The Kier molecular flexibility index (Phi) is 5.27. The number of nitrogens with zero attached hydrogens (tertiary/aromatic N) is 1. The van der Waals surface area contributed by atoms with Gasteiger partial charge in [0.15, 0.2) is 6.61 Å². The first-order valence-electron chi connectivity index (χ1n) is 7.31. The molecule has 0 fully saturated rings. The molecule has 1 N–H and O–H groups in total. The van der Waals surface area contributed by atoms with Crippen molar-refractivity contribution in [3.63, 3.8) is 0 Å². The summed E-state index contributed by atoms with van der Waals surface area (Å²) in [5.74, 6) is 0.449.